The second-order valence-electron chi connectivity index (χ2n) is 1.87. The molecule has 1 aromatic rings. The molecule has 3 nitrogen and oxygen atoms in total. The van der Waals surface area contributed by atoms with Crippen molar-refractivity contribution in [2.24, 2.45) is 10.9 Å². The van der Waals surface area contributed by atoms with Gasteiger partial charge in [-0.05, 0) is 11.4 Å². The predicted molar refractivity (Wildman–Crippen MR) is 46.9 cm³/mol. The Kier molecular flexibility index (Phi) is 3.64. The van der Waals surface area contributed by atoms with Crippen LogP contribution in [0, 0.1) is 0 Å². The zero-order chi connectivity index (χ0) is 7.94. The number of nitrogens with zero attached hydrogens (tertiary/aromatic N) is 1. The van der Waals surface area contributed by atoms with Crippen molar-refractivity contribution < 1.29 is 4.84 Å². The summed E-state index contributed by atoms with van der Waals surface area (Å²) in [5.41, 5.74) is 5.19. The van der Waals surface area contributed by atoms with Crippen LogP contribution in [0.15, 0.2) is 22.7 Å². The van der Waals surface area contributed by atoms with Crippen molar-refractivity contribution in [3.8, 4) is 0 Å². The number of rotatable bonds is 4. The van der Waals surface area contributed by atoms with Crippen molar-refractivity contribution >= 4 is 17.6 Å². The average molecular weight is 170 g/mol. The van der Waals surface area contributed by atoms with Crippen LogP contribution in [0.4, 0.5) is 0 Å². The standard InChI is InChI=1S/C7H10N2OS/c8-3-4-10-9-6-7-2-1-5-11-7/h1-2,5-6H,3-4,8H2/b9-6+. The van der Waals surface area contributed by atoms with E-state index in [0.29, 0.717) is 13.2 Å². The van der Waals surface area contributed by atoms with Gasteiger partial charge in [-0.15, -0.1) is 11.3 Å². The average Bonchev–Trinajstić information content (AvgIpc) is 2.50. The summed E-state index contributed by atoms with van der Waals surface area (Å²) in [6.45, 7) is 0.976. The van der Waals surface area contributed by atoms with Gasteiger partial charge in [-0.1, -0.05) is 11.2 Å². The maximum absolute atomic E-state index is 5.19. The third kappa shape index (κ3) is 3.15. The first-order valence-electron chi connectivity index (χ1n) is 3.32. The van der Waals surface area contributed by atoms with E-state index in [2.05, 4.69) is 5.16 Å². The highest BCUT2D eigenvalue weighted by molar-refractivity contribution is 7.11. The highest BCUT2D eigenvalue weighted by atomic mass is 32.1. The fourth-order valence-electron chi connectivity index (χ4n) is 0.559. The molecule has 0 aromatic carbocycles. The van der Waals surface area contributed by atoms with Gasteiger partial charge in [-0.3, -0.25) is 0 Å². The summed E-state index contributed by atoms with van der Waals surface area (Å²) < 4.78 is 0. The Balaban J connectivity index is 2.25. The molecule has 0 aliphatic rings. The largest absolute Gasteiger partial charge is 0.394 e. The summed E-state index contributed by atoms with van der Waals surface area (Å²) in [6, 6.07) is 3.94. The summed E-state index contributed by atoms with van der Waals surface area (Å²) in [5.74, 6) is 0. The molecule has 1 aromatic heterocycles. The van der Waals surface area contributed by atoms with Crippen LogP contribution >= 0.6 is 11.3 Å². The molecule has 60 valence electrons. The first-order chi connectivity index (χ1) is 5.43. The van der Waals surface area contributed by atoms with Gasteiger partial charge in [0.05, 0.1) is 6.21 Å². The Morgan fingerprint density at radius 3 is 3.27 bits per heavy atom. The molecule has 11 heavy (non-hydrogen) atoms. The van der Waals surface area contributed by atoms with Gasteiger partial charge in [0.1, 0.15) is 6.61 Å². The molecule has 0 radical (unpaired) electrons. The molecule has 4 heteroatoms. The van der Waals surface area contributed by atoms with E-state index in [1.54, 1.807) is 17.6 Å². The van der Waals surface area contributed by atoms with E-state index in [4.69, 9.17) is 10.6 Å². The molecule has 0 saturated heterocycles. The van der Waals surface area contributed by atoms with Crippen molar-refractivity contribution in [2.45, 2.75) is 0 Å². The number of hydrogen-bond donors (Lipinski definition) is 1. The van der Waals surface area contributed by atoms with E-state index in [9.17, 15) is 0 Å². The lowest BCUT2D eigenvalue weighted by Gasteiger charge is -1.91. The van der Waals surface area contributed by atoms with Gasteiger partial charge < -0.3 is 10.6 Å². The Morgan fingerprint density at radius 2 is 2.64 bits per heavy atom. The molecule has 0 saturated carbocycles. The van der Waals surface area contributed by atoms with Gasteiger partial charge >= 0.3 is 0 Å². The molecule has 0 bridgehead atoms. The Hall–Kier alpha value is -0.870. The number of oxime groups is 1. The second-order valence-corrected chi connectivity index (χ2v) is 2.85. The highest BCUT2D eigenvalue weighted by Gasteiger charge is 1.85. The maximum Gasteiger partial charge on any atom is 0.129 e. The smallest absolute Gasteiger partial charge is 0.129 e. The molecule has 0 aliphatic carbocycles. The van der Waals surface area contributed by atoms with E-state index in [1.807, 2.05) is 17.5 Å². The van der Waals surface area contributed by atoms with Gasteiger partial charge in [0, 0.05) is 11.4 Å². The fraction of sp³-hybridized carbons (Fsp3) is 0.286. The summed E-state index contributed by atoms with van der Waals surface area (Å²) in [4.78, 5) is 5.89. The molecule has 0 amide bonds. The molecular formula is C7H10N2OS. The first-order valence-corrected chi connectivity index (χ1v) is 4.20. The lowest BCUT2D eigenvalue weighted by molar-refractivity contribution is 0.154. The van der Waals surface area contributed by atoms with E-state index < -0.39 is 0 Å². The molecule has 1 heterocycles. The second kappa shape index (κ2) is 4.87. The minimum atomic E-state index is 0.474. The SMILES string of the molecule is NCCO/N=C/c1cccs1. The van der Waals surface area contributed by atoms with Crippen LogP contribution in [0.25, 0.3) is 0 Å². The van der Waals surface area contributed by atoms with Crippen molar-refractivity contribution in [3.63, 3.8) is 0 Å². The predicted octanol–water partition coefficient (Wildman–Crippen LogP) is 1.06. The van der Waals surface area contributed by atoms with Crippen LogP contribution in [0.3, 0.4) is 0 Å². The third-order valence-electron chi connectivity index (χ3n) is 1.01. The van der Waals surface area contributed by atoms with E-state index in [-0.39, 0.29) is 0 Å². The monoisotopic (exact) mass is 170 g/mol. The minimum absolute atomic E-state index is 0.474. The van der Waals surface area contributed by atoms with Crippen LogP contribution in [0.2, 0.25) is 0 Å². The van der Waals surface area contributed by atoms with Crippen LogP contribution in [-0.2, 0) is 4.84 Å². The lowest BCUT2D eigenvalue weighted by atomic mass is 10.5. The molecule has 0 aliphatic heterocycles. The van der Waals surface area contributed by atoms with Crippen LogP contribution < -0.4 is 5.73 Å². The quantitative estimate of drug-likeness (QED) is 0.417. The zero-order valence-corrected chi connectivity index (χ0v) is 6.88. The highest BCUT2D eigenvalue weighted by Crippen LogP contribution is 2.04. The van der Waals surface area contributed by atoms with E-state index in [0.717, 1.165) is 4.88 Å². The van der Waals surface area contributed by atoms with Crippen LogP contribution in [-0.4, -0.2) is 19.4 Å². The zero-order valence-electron chi connectivity index (χ0n) is 6.06. The van der Waals surface area contributed by atoms with Crippen LogP contribution in [0.1, 0.15) is 4.88 Å². The number of nitrogens with two attached hydrogens (primary N) is 1. The van der Waals surface area contributed by atoms with Crippen molar-refractivity contribution in [1.82, 2.24) is 0 Å². The topological polar surface area (TPSA) is 47.6 Å². The molecule has 2 N–H and O–H groups in total. The Morgan fingerprint density at radius 1 is 1.73 bits per heavy atom. The van der Waals surface area contributed by atoms with Crippen molar-refractivity contribution in [1.29, 1.82) is 0 Å². The fourth-order valence-corrected chi connectivity index (χ4v) is 1.13. The normalized spacial score (nSPS) is 10.6. The lowest BCUT2D eigenvalue weighted by Crippen LogP contribution is -2.05. The third-order valence-corrected chi connectivity index (χ3v) is 1.81. The van der Waals surface area contributed by atoms with E-state index >= 15 is 0 Å². The minimum Gasteiger partial charge on any atom is -0.394 e. The molecular weight excluding hydrogens is 160 g/mol. The van der Waals surface area contributed by atoms with Gasteiger partial charge in [-0.2, -0.15) is 0 Å². The Bertz CT molecular complexity index is 208. The maximum atomic E-state index is 5.19. The van der Waals surface area contributed by atoms with Crippen molar-refractivity contribution in [2.75, 3.05) is 13.2 Å². The van der Waals surface area contributed by atoms with Crippen molar-refractivity contribution in [3.05, 3.63) is 22.4 Å². The first kappa shape index (κ1) is 8.23. The van der Waals surface area contributed by atoms with Gasteiger partial charge in [0.15, 0.2) is 0 Å². The molecule has 0 atom stereocenters. The van der Waals surface area contributed by atoms with Gasteiger partial charge in [0.2, 0.25) is 0 Å². The summed E-state index contributed by atoms with van der Waals surface area (Å²) in [5, 5.41) is 5.70. The number of hydrogen-bond acceptors (Lipinski definition) is 4. The summed E-state index contributed by atoms with van der Waals surface area (Å²) >= 11 is 1.62. The summed E-state index contributed by atoms with van der Waals surface area (Å²) in [6.07, 6.45) is 1.68. The van der Waals surface area contributed by atoms with E-state index in [1.165, 1.54) is 0 Å². The van der Waals surface area contributed by atoms with Crippen LogP contribution in [0.5, 0.6) is 0 Å². The Labute approximate surface area is 69.5 Å². The molecule has 0 unspecified atom stereocenters. The number of thiophene rings is 1. The summed E-state index contributed by atoms with van der Waals surface area (Å²) in [7, 11) is 0. The van der Waals surface area contributed by atoms with Gasteiger partial charge in [0.25, 0.3) is 0 Å². The molecule has 1 rings (SSSR count). The molecule has 0 spiro atoms. The van der Waals surface area contributed by atoms with Gasteiger partial charge in [-0.25, -0.2) is 0 Å². The molecule has 0 fully saturated rings.